The molecule has 6 nitrogen and oxygen atoms in total. The van der Waals surface area contributed by atoms with Gasteiger partial charge in [-0.1, -0.05) is 42.5 Å². The molecule has 0 aliphatic heterocycles. The molecule has 2 aromatic rings. The molecule has 0 unspecified atom stereocenters. The third kappa shape index (κ3) is 5.57. The maximum absolute atomic E-state index is 11.9. The molecule has 150 valence electrons. The Balaban J connectivity index is 2.37. The van der Waals surface area contributed by atoms with Gasteiger partial charge >= 0.3 is 5.97 Å². The van der Waals surface area contributed by atoms with Gasteiger partial charge in [0.05, 0.1) is 32.3 Å². The van der Waals surface area contributed by atoms with Crippen molar-refractivity contribution in [3.8, 4) is 16.9 Å². The number of nitrogens with zero attached hydrogens (tertiary/aromatic N) is 1. The maximum Gasteiger partial charge on any atom is 0.308 e. The molecule has 0 aliphatic rings. The highest BCUT2D eigenvalue weighted by Gasteiger charge is 2.27. The summed E-state index contributed by atoms with van der Waals surface area (Å²) in [6.07, 6.45) is 0.576. The van der Waals surface area contributed by atoms with Crippen LogP contribution in [0.3, 0.4) is 0 Å². The van der Waals surface area contributed by atoms with Gasteiger partial charge in [-0.3, -0.25) is 14.4 Å². The normalized spacial score (nSPS) is 12.2. The van der Waals surface area contributed by atoms with Crippen LogP contribution in [0.25, 0.3) is 11.1 Å². The molecule has 6 heteroatoms. The average Bonchev–Trinajstić information content (AvgIpc) is 2.69. The van der Waals surface area contributed by atoms with E-state index < -0.39 is 17.6 Å². The average molecular weight is 385 g/mol. The van der Waals surface area contributed by atoms with Crippen LogP contribution in [0.15, 0.2) is 48.5 Å². The van der Waals surface area contributed by atoms with Crippen LogP contribution in [0.1, 0.15) is 38.8 Å². The zero-order valence-electron chi connectivity index (χ0n) is 17.0. The summed E-state index contributed by atoms with van der Waals surface area (Å²) < 4.78 is 10.2. The molecule has 0 bridgehead atoms. The van der Waals surface area contributed by atoms with Gasteiger partial charge < -0.3 is 9.47 Å². The highest BCUT2D eigenvalue weighted by molar-refractivity contribution is 5.72. The van der Waals surface area contributed by atoms with Crippen molar-refractivity contribution in [2.24, 2.45) is 0 Å². The standard InChI is InChI=1S/C22H27NO5/c1-22(2,3)28-23(15-24)19(14-21(25)27-5)17-12-10-16(11-13-17)18-8-6-7-9-20(18)26-4/h6-13,15,19H,14H2,1-5H3/t19-/m0/s1. The Hall–Kier alpha value is -2.86. The number of methoxy groups -OCH3 is 2. The van der Waals surface area contributed by atoms with Gasteiger partial charge in [-0.2, -0.15) is 0 Å². The molecule has 2 rings (SSSR count). The maximum atomic E-state index is 11.9. The van der Waals surface area contributed by atoms with E-state index in [0.717, 1.165) is 22.4 Å². The van der Waals surface area contributed by atoms with Crippen LogP contribution in [-0.2, 0) is 19.2 Å². The third-order valence-electron chi connectivity index (χ3n) is 4.09. The molecular weight excluding hydrogens is 358 g/mol. The van der Waals surface area contributed by atoms with Crippen LogP contribution in [-0.4, -0.2) is 37.3 Å². The first-order valence-electron chi connectivity index (χ1n) is 9.02. The van der Waals surface area contributed by atoms with Crippen LogP contribution < -0.4 is 4.74 Å². The predicted octanol–water partition coefficient (Wildman–Crippen LogP) is 4.15. The SMILES string of the molecule is COC(=O)C[C@@H](c1ccc(-c2ccccc2OC)cc1)N(C=O)OC(C)(C)C. The first-order chi connectivity index (χ1) is 13.3. The molecule has 0 spiro atoms. The lowest BCUT2D eigenvalue weighted by molar-refractivity contribution is -0.235. The Morgan fingerprint density at radius 3 is 2.25 bits per heavy atom. The fourth-order valence-electron chi connectivity index (χ4n) is 2.84. The molecule has 0 fully saturated rings. The molecule has 0 saturated carbocycles. The van der Waals surface area contributed by atoms with Gasteiger partial charge in [0.1, 0.15) is 5.75 Å². The Bertz CT molecular complexity index is 795. The van der Waals surface area contributed by atoms with Gasteiger partial charge in [0.15, 0.2) is 0 Å². The van der Waals surface area contributed by atoms with Crippen LogP contribution in [0.5, 0.6) is 5.75 Å². The van der Waals surface area contributed by atoms with E-state index in [-0.39, 0.29) is 6.42 Å². The van der Waals surface area contributed by atoms with Gasteiger partial charge in [0, 0.05) is 5.56 Å². The zero-order valence-corrected chi connectivity index (χ0v) is 17.0. The second-order valence-electron chi connectivity index (χ2n) is 7.29. The summed E-state index contributed by atoms with van der Waals surface area (Å²) in [4.78, 5) is 29.3. The highest BCUT2D eigenvalue weighted by Crippen LogP contribution is 2.32. The first-order valence-corrected chi connectivity index (χ1v) is 9.02. The molecule has 0 N–H and O–H groups in total. The van der Waals surface area contributed by atoms with E-state index in [2.05, 4.69) is 0 Å². The largest absolute Gasteiger partial charge is 0.496 e. The van der Waals surface area contributed by atoms with E-state index in [4.69, 9.17) is 14.3 Å². The summed E-state index contributed by atoms with van der Waals surface area (Å²) in [6.45, 7) is 5.51. The van der Waals surface area contributed by atoms with Crippen molar-refractivity contribution in [1.82, 2.24) is 5.06 Å². The minimum Gasteiger partial charge on any atom is -0.496 e. The van der Waals surface area contributed by atoms with Crippen molar-refractivity contribution in [2.75, 3.05) is 14.2 Å². The number of hydrogen-bond acceptors (Lipinski definition) is 5. The van der Waals surface area contributed by atoms with Crippen molar-refractivity contribution < 1.29 is 23.9 Å². The summed E-state index contributed by atoms with van der Waals surface area (Å²) in [5, 5.41) is 1.18. The Morgan fingerprint density at radius 2 is 1.71 bits per heavy atom. The fourth-order valence-corrected chi connectivity index (χ4v) is 2.84. The molecule has 0 heterocycles. The lowest BCUT2D eigenvalue weighted by Crippen LogP contribution is -2.37. The van der Waals surface area contributed by atoms with E-state index in [0.29, 0.717) is 6.41 Å². The topological polar surface area (TPSA) is 65.1 Å². The lowest BCUT2D eigenvalue weighted by Gasteiger charge is -2.32. The van der Waals surface area contributed by atoms with Crippen molar-refractivity contribution in [3.63, 3.8) is 0 Å². The zero-order chi connectivity index (χ0) is 20.7. The number of benzene rings is 2. The highest BCUT2D eigenvalue weighted by atomic mass is 16.7. The smallest absolute Gasteiger partial charge is 0.308 e. The van der Waals surface area contributed by atoms with E-state index in [1.165, 1.54) is 12.2 Å². The second kappa shape index (κ2) is 9.37. The number of esters is 1. The molecule has 0 saturated heterocycles. The van der Waals surface area contributed by atoms with E-state index in [9.17, 15) is 9.59 Å². The van der Waals surface area contributed by atoms with Crippen molar-refractivity contribution >= 4 is 12.4 Å². The van der Waals surface area contributed by atoms with Gasteiger partial charge in [0.2, 0.25) is 6.41 Å². The number of para-hydroxylation sites is 1. The monoisotopic (exact) mass is 385 g/mol. The van der Waals surface area contributed by atoms with E-state index in [1.807, 2.05) is 69.3 Å². The number of ether oxygens (including phenoxy) is 2. The summed E-state index contributed by atoms with van der Waals surface area (Å²) in [5.41, 5.74) is 2.10. The van der Waals surface area contributed by atoms with E-state index in [1.54, 1.807) is 7.11 Å². The van der Waals surface area contributed by atoms with Crippen LogP contribution in [0.2, 0.25) is 0 Å². The first kappa shape index (κ1) is 21.4. The van der Waals surface area contributed by atoms with Gasteiger partial charge in [-0.15, -0.1) is 0 Å². The number of hydroxylamine groups is 2. The number of carbonyl (C=O) groups is 2. The van der Waals surface area contributed by atoms with Crippen molar-refractivity contribution in [1.29, 1.82) is 0 Å². The number of carbonyl (C=O) groups excluding carboxylic acids is 2. The van der Waals surface area contributed by atoms with Gasteiger partial charge in [-0.25, -0.2) is 5.06 Å². The van der Waals surface area contributed by atoms with Crippen molar-refractivity contribution in [3.05, 3.63) is 54.1 Å². The molecule has 1 atom stereocenters. The fraction of sp³-hybridized carbons (Fsp3) is 0.364. The van der Waals surface area contributed by atoms with Crippen molar-refractivity contribution in [2.45, 2.75) is 38.8 Å². The van der Waals surface area contributed by atoms with Crippen LogP contribution >= 0.6 is 0 Å². The molecule has 0 radical (unpaired) electrons. The lowest BCUT2D eigenvalue weighted by atomic mass is 9.98. The Labute approximate surface area is 166 Å². The molecule has 0 aliphatic carbocycles. The number of rotatable bonds is 8. The number of hydrogen-bond donors (Lipinski definition) is 0. The Kier molecular flexibility index (Phi) is 7.18. The summed E-state index contributed by atoms with van der Waals surface area (Å²) >= 11 is 0. The quantitative estimate of drug-likeness (QED) is 0.388. The third-order valence-corrected chi connectivity index (χ3v) is 4.09. The molecule has 0 aromatic heterocycles. The summed E-state index contributed by atoms with van der Waals surface area (Å²) in [5.74, 6) is 0.343. The van der Waals surface area contributed by atoms with E-state index >= 15 is 0 Å². The van der Waals surface area contributed by atoms with Crippen LogP contribution in [0.4, 0.5) is 0 Å². The summed E-state index contributed by atoms with van der Waals surface area (Å²) in [7, 11) is 2.95. The van der Waals surface area contributed by atoms with Gasteiger partial charge in [-0.05, 0) is 38.0 Å². The molecule has 1 amide bonds. The Morgan fingerprint density at radius 1 is 1.07 bits per heavy atom. The minimum atomic E-state index is -0.601. The molecular formula is C22H27NO5. The second-order valence-corrected chi connectivity index (χ2v) is 7.29. The summed E-state index contributed by atoms with van der Waals surface area (Å²) in [6, 6.07) is 14.7. The predicted molar refractivity (Wildman–Crippen MR) is 107 cm³/mol. The number of amides is 1. The van der Waals surface area contributed by atoms with Crippen LogP contribution in [0, 0.1) is 0 Å². The molecule has 2 aromatic carbocycles. The molecule has 28 heavy (non-hydrogen) atoms. The minimum absolute atomic E-state index is 0.0146. The van der Waals surface area contributed by atoms with Gasteiger partial charge in [0.25, 0.3) is 0 Å².